The quantitative estimate of drug-likeness (QED) is 0.734. The van der Waals surface area contributed by atoms with Crippen molar-refractivity contribution in [2.45, 2.75) is 45.7 Å². The van der Waals surface area contributed by atoms with E-state index in [4.69, 9.17) is 4.74 Å². The van der Waals surface area contributed by atoms with Crippen LogP contribution in [0, 0.1) is 5.41 Å². The number of methoxy groups -OCH3 is 1. The standard InChI is InChI=1S/C12H23N5O/c1-12(5-3-4-6-12)10-17-11(14-15-16-17)9-13-7-8-18-2/h13H,3-10H2,1-2H3. The molecule has 6 nitrogen and oxygen atoms in total. The molecule has 1 N–H and O–H groups in total. The summed E-state index contributed by atoms with van der Waals surface area (Å²) in [6.07, 6.45) is 5.23. The van der Waals surface area contributed by atoms with Gasteiger partial charge in [0.1, 0.15) is 0 Å². The Morgan fingerprint density at radius 2 is 2.17 bits per heavy atom. The van der Waals surface area contributed by atoms with Gasteiger partial charge in [0, 0.05) is 13.7 Å². The number of ether oxygens (including phenoxy) is 1. The monoisotopic (exact) mass is 253 g/mol. The van der Waals surface area contributed by atoms with Crippen molar-refractivity contribution >= 4 is 0 Å². The van der Waals surface area contributed by atoms with Gasteiger partial charge in [0.25, 0.3) is 0 Å². The SMILES string of the molecule is COCCNCc1nnnn1CC1(C)CCCC1. The van der Waals surface area contributed by atoms with Crippen LogP contribution in [0.3, 0.4) is 0 Å². The second-order valence-electron chi connectivity index (χ2n) is 5.44. The minimum absolute atomic E-state index is 0.372. The number of hydrogen-bond acceptors (Lipinski definition) is 5. The first-order valence-corrected chi connectivity index (χ1v) is 6.68. The molecule has 1 aliphatic carbocycles. The van der Waals surface area contributed by atoms with Gasteiger partial charge in [-0.05, 0) is 28.7 Å². The van der Waals surface area contributed by atoms with Crippen molar-refractivity contribution in [3.63, 3.8) is 0 Å². The molecule has 0 unspecified atom stereocenters. The third kappa shape index (κ3) is 3.49. The molecule has 102 valence electrons. The highest BCUT2D eigenvalue weighted by atomic mass is 16.5. The largest absolute Gasteiger partial charge is 0.383 e. The summed E-state index contributed by atoms with van der Waals surface area (Å²) in [6.45, 7) is 5.50. The summed E-state index contributed by atoms with van der Waals surface area (Å²) in [6, 6.07) is 0. The zero-order valence-corrected chi connectivity index (χ0v) is 11.4. The molecule has 0 aromatic carbocycles. The van der Waals surface area contributed by atoms with E-state index in [9.17, 15) is 0 Å². The van der Waals surface area contributed by atoms with Crippen molar-refractivity contribution in [2.24, 2.45) is 5.41 Å². The summed E-state index contributed by atoms with van der Waals surface area (Å²) in [4.78, 5) is 0. The molecule has 1 aliphatic rings. The number of aromatic nitrogens is 4. The fraction of sp³-hybridized carbons (Fsp3) is 0.917. The smallest absolute Gasteiger partial charge is 0.165 e. The zero-order chi connectivity index (χ0) is 12.8. The van der Waals surface area contributed by atoms with Gasteiger partial charge in [0.05, 0.1) is 19.7 Å². The maximum atomic E-state index is 4.99. The number of hydrogen-bond donors (Lipinski definition) is 1. The molecule has 1 heterocycles. The van der Waals surface area contributed by atoms with Crippen LogP contribution in [0.5, 0.6) is 0 Å². The molecule has 1 fully saturated rings. The molecule has 2 rings (SSSR count). The van der Waals surface area contributed by atoms with E-state index >= 15 is 0 Å². The molecule has 1 saturated carbocycles. The van der Waals surface area contributed by atoms with E-state index in [-0.39, 0.29) is 0 Å². The summed E-state index contributed by atoms with van der Waals surface area (Å²) in [5.74, 6) is 0.916. The lowest BCUT2D eigenvalue weighted by Crippen LogP contribution is -2.25. The summed E-state index contributed by atoms with van der Waals surface area (Å²) >= 11 is 0. The maximum absolute atomic E-state index is 4.99. The van der Waals surface area contributed by atoms with Crippen LogP contribution in [0.4, 0.5) is 0 Å². The molecule has 0 aliphatic heterocycles. The van der Waals surface area contributed by atoms with Crippen LogP contribution in [-0.2, 0) is 17.8 Å². The van der Waals surface area contributed by atoms with Gasteiger partial charge in [0.2, 0.25) is 0 Å². The van der Waals surface area contributed by atoms with E-state index in [1.807, 2.05) is 4.68 Å². The Bertz CT molecular complexity index is 359. The minimum atomic E-state index is 0.372. The Kier molecular flexibility index (Phi) is 4.66. The first kappa shape index (κ1) is 13.4. The van der Waals surface area contributed by atoms with E-state index in [0.717, 1.165) is 18.9 Å². The van der Waals surface area contributed by atoms with Crippen molar-refractivity contribution in [3.8, 4) is 0 Å². The minimum Gasteiger partial charge on any atom is -0.383 e. The van der Waals surface area contributed by atoms with E-state index in [1.54, 1.807) is 7.11 Å². The number of nitrogens with one attached hydrogen (secondary N) is 1. The highest BCUT2D eigenvalue weighted by Crippen LogP contribution is 2.38. The average Bonchev–Trinajstić information content (AvgIpc) is 2.95. The second-order valence-corrected chi connectivity index (χ2v) is 5.44. The molecular weight excluding hydrogens is 230 g/mol. The lowest BCUT2D eigenvalue weighted by molar-refractivity contribution is 0.198. The summed E-state index contributed by atoms with van der Waals surface area (Å²) in [5.41, 5.74) is 0.372. The topological polar surface area (TPSA) is 64.9 Å². The average molecular weight is 253 g/mol. The van der Waals surface area contributed by atoms with Crippen molar-refractivity contribution in [2.75, 3.05) is 20.3 Å². The lowest BCUT2D eigenvalue weighted by Gasteiger charge is -2.23. The summed E-state index contributed by atoms with van der Waals surface area (Å²) in [7, 11) is 1.70. The van der Waals surface area contributed by atoms with Crippen LogP contribution >= 0.6 is 0 Å². The van der Waals surface area contributed by atoms with Gasteiger partial charge in [-0.1, -0.05) is 19.8 Å². The lowest BCUT2D eigenvalue weighted by atomic mass is 9.89. The number of nitrogens with zero attached hydrogens (tertiary/aromatic N) is 4. The molecule has 0 bridgehead atoms. The molecule has 0 atom stereocenters. The van der Waals surface area contributed by atoms with E-state index in [2.05, 4.69) is 27.8 Å². The third-order valence-electron chi connectivity index (χ3n) is 3.71. The Morgan fingerprint density at radius 3 is 2.89 bits per heavy atom. The maximum Gasteiger partial charge on any atom is 0.165 e. The predicted molar refractivity (Wildman–Crippen MR) is 68.0 cm³/mol. The fourth-order valence-corrected chi connectivity index (χ4v) is 2.60. The van der Waals surface area contributed by atoms with Crippen LogP contribution in [0.15, 0.2) is 0 Å². The Morgan fingerprint density at radius 1 is 1.39 bits per heavy atom. The van der Waals surface area contributed by atoms with Crippen LogP contribution in [-0.4, -0.2) is 40.5 Å². The molecule has 0 spiro atoms. The number of rotatable bonds is 7. The van der Waals surface area contributed by atoms with Crippen LogP contribution in [0.1, 0.15) is 38.4 Å². The first-order valence-electron chi connectivity index (χ1n) is 6.68. The highest BCUT2D eigenvalue weighted by Gasteiger charge is 2.30. The van der Waals surface area contributed by atoms with Crippen LogP contribution in [0.2, 0.25) is 0 Å². The van der Waals surface area contributed by atoms with E-state index in [0.29, 0.717) is 18.6 Å². The fourth-order valence-electron chi connectivity index (χ4n) is 2.60. The zero-order valence-electron chi connectivity index (χ0n) is 11.4. The van der Waals surface area contributed by atoms with E-state index < -0.39 is 0 Å². The van der Waals surface area contributed by atoms with Crippen molar-refractivity contribution in [3.05, 3.63) is 5.82 Å². The highest BCUT2D eigenvalue weighted by molar-refractivity contribution is 4.86. The molecule has 6 heteroatoms. The van der Waals surface area contributed by atoms with Gasteiger partial charge in [-0.15, -0.1) is 5.10 Å². The van der Waals surface area contributed by atoms with Crippen molar-refractivity contribution in [1.29, 1.82) is 0 Å². The summed E-state index contributed by atoms with van der Waals surface area (Å²) < 4.78 is 6.94. The van der Waals surface area contributed by atoms with Crippen LogP contribution < -0.4 is 5.32 Å². The van der Waals surface area contributed by atoms with Gasteiger partial charge < -0.3 is 10.1 Å². The Balaban J connectivity index is 1.87. The Hall–Kier alpha value is -1.01. The van der Waals surface area contributed by atoms with Gasteiger partial charge in [-0.25, -0.2) is 4.68 Å². The van der Waals surface area contributed by atoms with Gasteiger partial charge in [-0.3, -0.25) is 0 Å². The van der Waals surface area contributed by atoms with E-state index in [1.165, 1.54) is 25.7 Å². The first-order chi connectivity index (χ1) is 8.73. The second kappa shape index (κ2) is 6.24. The van der Waals surface area contributed by atoms with Gasteiger partial charge in [0.15, 0.2) is 5.82 Å². The van der Waals surface area contributed by atoms with Crippen molar-refractivity contribution < 1.29 is 4.74 Å². The normalized spacial score (nSPS) is 18.3. The van der Waals surface area contributed by atoms with Gasteiger partial charge >= 0.3 is 0 Å². The van der Waals surface area contributed by atoms with Crippen LogP contribution in [0.25, 0.3) is 0 Å². The molecule has 18 heavy (non-hydrogen) atoms. The van der Waals surface area contributed by atoms with Gasteiger partial charge in [-0.2, -0.15) is 0 Å². The predicted octanol–water partition coefficient (Wildman–Crippen LogP) is 0.989. The molecule has 0 radical (unpaired) electrons. The molecule has 0 saturated heterocycles. The molecule has 1 aromatic heterocycles. The molecule has 1 aromatic rings. The molecular formula is C12H23N5O. The Labute approximate surface area is 108 Å². The molecule has 0 amide bonds. The summed E-state index contributed by atoms with van der Waals surface area (Å²) in [5, 5.41) is 15.3. The van der Waals surface area contributed by atoms with Crippen molar-refractivity contribution in [1.82, 2.24) is 25.5 Å². The number of tetrazole rings is 1. The third-order valence-corrected chi connectivity index (χ3v) is 3.71.